The number of amidine groups is 1. The number of nitrogens with zero attached hydrogens (tertiary/aromatic N) is 2. The number of benzene rings is 1. The van der Waals surface area contributed by atoms with Gasteiger partial charge in [0.2, 0.25) is 0 Å². The molecule has 1 rings (SSSR count). The average molecular weight is 295 g/mol. The first-order chi connectivity index (χ1) is 9.65. The van der Waals surface area contributed by atoms with E-state index in [2.05, 4.69) is 10.3 Å². The van der Waals surface area contributed by atoms with Crippen LogP contribution in [0, 0.1) is 17.3 Å². The van der Waals surface area contributed by atoms with E-state index in [0.29, 0.717) is 10.9 Å². The second kappa shape index (κ2) is 8.43. The van der Waals surface area contributed by atoms with E-state index in [-0.39, 0.29) is 11.8 Å². The van der Waals surface area contributed by atoms with Gasteiger partial charge in [-0.05, 0) is 31.2 Å². The minimum absolute atomic E-state index is 0.0207. The van der Waals surface area contributed by atoms with Crippen LogP contribution in [-0.4, -0.2) is 17.5 Å². The number of hydrogen-bond donors (Lipinski definition) is 1. The Labute approximate surface area is 123 Å². The molecule has 0 bridgehead atoms. The third-order valence-corrected chi connectivity index (χ3v) is 3.30. The lowest BCUT2D eigenvalue weighted by atomic mass is 10.2. The van der Waals surface area contributed by atoms with Gasteiger partial charge in [0.1, 0.15) is 11.4 Å². The molecule has 0 saturated carbocycles. The molecule has 0 heterocycles. The van der Waals surface area contributed by atoms with Gasteiger partial charge in [-0.2, -0.15) is 5.26 Å². The van der Waals surface area contributed by atoms with Crippen LogP contribution in [0.1, 0.15) is 26.7 Å². The molecule has 4 nitrogen and oxygen atoms in total. The number of nitriles is 1. The highest BCUT2D eigenvalue weighted by Gasteiger charge is 2.13. The smallest absolute Gasteiger partial charge is 0.183 e. The molecule has 0 aromatic heterocycles. The molecule has 0 fully saturated rings. The first kappa shape index (κ1) is 16.3. The van der Waals surface area contributed by atoms with Crippen LogP contribution in [-0.2, 0) is 0 Å². The van der Waals surface area contributed by atoms with Crippen LogP contribution in [0.15, 0.2) is 23.2 Å². The number of ether oxygens (including phenoxy) is 1. The number of rotatable bonds is 5. The lowest BCUT2D eigenvalue weighted by Gasteiger charge is -2.17. The van der Waals surface area contributed by atoms with Crippen LogP contribution in [0.2, 0.25) is 0 Å². The number of thioether (sulfide) groups is 1. The van der Waals surface area contributed by atoms with E-state index in [9.17, 15) is 4.39 Å². The average Bonchev–Trinajstić information content (AvgIpc) is 2.46. The molecule has 1 aromatic carbocycles. The molecular weight excluding hydrogens is 277 g/mol. The van der Waals surface area contributed by atoms with Crippen molar-refractivity contribution in [2.45, 2.75) is 32.8 Å². The molecular formula is C14H18FN3OS. The zero-order valence-corrected chi connectivity index (χ0v) is 12.6. The van der Waals surface area contributed by atoms with Crippen LogP contribution >= 0.6 is 11.8 Å². The minimum Gasteiger partial charge on any atom is -0.488 e. The van der Waals surface area contributed by atoms with Gasteiger partial charge in [-0.15, -0.1) is 0 Å². The highest BCUT2D eigenvalue weighted by Crippen LogP contribution is 2.32. The third-order valence-electron chi connectivity index (χ3n) is 2.72. The van der Waals surface area contributed by atoms with Crippen LogP contribution < -0.4 is 10.1 Å². The maximum Gasteiger partial charge on any atom is 0.183 e. The summed E-state index contributed by atoms with van der Waals surface area (Å²) in [6.07, 6.45) is 5.22. The lowest BCUT2D eigenvalue weighted by Crippen LogP contribution is -2.15. The monoisotopic (exact) mass is 295 g/mol. The summed E-state index contributed by atoms with van der Waals surface area (Å²) >= 11 is 1.23. The number of para-hydroxylation sites is 1. The van der Waals surface area contributed by atoms with Crippen LogP contribution in [0.4, 0.5) is 10.1 Å². The second-order valence-corrected chi connectivity index (χ2v) is 4.80. The maximum absolute atomic E-state index is 13.9. The van der Waals surface area contributed by atoms with Gasteiger partial charge in [-0.25, -0.2) is 9.38 Å². The third kappa shape index (κ3) is 4.42. The molecule has 20 heavy (non-hydrogen) atoms. The summed E-state index contributed by atoms with van der Waals surface area (Å²) in [5.41, 5.74) is 0.117. The minimum atomic E-state index is -0.472. The summed E-state index contributed by atoms with van der Waals surface area (Å²) in [4.78, 5) is 4.13. The Morgan fingerprint density at radius 1 is 1.50 bits per heavy atom. The van der Waals surface area contributed by atoms with Crippen molar-refractivity contribution in [1.82, 2.24) is 5.32 Å². The normalized spacial score (nSPS) is 11.3. The number of halogens is 1. The zero-order chi connectivity index (χ0) is 15.0. The molecule has 0 aliphatic heterocycles. The van der Waals surface area contributed by atoms with Gasteiger partial charge in [0.15, 0.2) is 17.2 Å². The highest BCUT2D eigenvalue weighted by atomic mass is 32.2. The van der Waals surface area contributed by atoms with Crippen molar-refractivity contribution in [1.29, 1.82) is 5.26 Å². The van der Waals surface area contributed by atoms with Crippen molar-refractivity contribution in [2.75, 3.05) is 6.26 Å². The second-order valence-electron chi connectivity index (χ2n) is 4.00. The Bertz CT molecular complexity index is 510. The van der Waals surface area contributed by atoms with E-state index in [1.807, 2.05) is 13.8 Å². The first-order valence-electron chi connectivity index (χ1n) is 6.39. The van der Waals surface area contributed by atoms with Crippen molar-refractivity contribution < 1.29 is 9.13 Å². The number of aliphatic imine (C=N–C) groups is 1. The van der Waals surface area contributed by atoms with Gasteiger partial charge in [0, 0.05) is 0 Å². The topological polar surface area (TPSA) is 57.4 Å². The lowest BCUT2D eigenvalue weighted by molar-refractivity contribution is 0.193. The standard InChI is InChI=1S/C14H18FN3OS/c1-4-10(5-2)19-12-8-6-7-11(15)13(12)18-14(20-3)17-9-16/h6-8,10H,4-5H2,1-3H3,(H,17,18). The fraction of sp³-hybridized carbons (Fsp3) is 0.429. The van der Waals surface area contributed by atoms with Crippen LogP contribution in [0.3, 0.4) is 0 Å². The molecule has 0 atom stereocenters. The van der Waals surface area contributed by atoms with Crippen LogP contribution in [0.25, 0.3) is 0 Å². The Hall–Kier alpha value is -1.74. The van der Waals surface area contributed by atoms with E-state index in [4.69, 9.17) is 10.00 Å². The molecule has 0 aliphatic rings. The van der Waals surface area contributed by atoms with E-state index in [0.717, 1.165) is 12.8 Å². The van der Waals surface area contributed by atoms with Crippen molar-refractivity contribution in [2.24, 2.45) is 4.99 Å². The Morgan fingerprint density at radius 2 is 2.20 bits per heavy atom. The molecule has 0 aliphatic carbocycles. The van der Waals surface area contributed by atoms with Crippen molar-refractivity contribution >= 4 is 22.6 Å². The van der Waals surface area contributed by atoms with E-state index in [1.54, 1.807) is 24.6 Å². The molecule has 1 N–H and O–H groups in total. The molecule has 0 unspecified atom stereocenters. The molecule has 0 amide bonds. The summed E-state index contributed by atoms with van der Waals surface area (Å²) in [5, 5.41) is 11.4. The molecule has 0 spiro atoms. The predicted molar refractivity (Wildman–Crippen MR) is 80.8 cm³/mol. The molecule has 108 valence electrons. The van der Waals surface area contributed by atoms with E-state index < -0.39 is 5.82 Å². The van der Waals surface area contributed by atoms with Crippen molar-refractivity contribution in [3.8, 4) is 11.9 Å². The molecule has 1 aromatic rings. The van der Waals surface area contributed by atoms with Crippen molar-refractivity contribution in [3.05, 3.63) is 24.0 Å². The quantitative estimate of drug-likeness (QED) is 0.388. The molecule has 0 radical (unpaired) electrons. The highest BCUT2D eigenvalue weighted by molar-refractivity contribution is 8.13. The number of hydrogen-bond acceptors (Lipinski definition) is 4. The van der Waals surface area contributed by atoms with Gasteiger partial charge in [-0.1, -0.05) is 31.7 Å². The maximum atomic E-state index is 13.9. The fourth-order valence-electron chi connectivity index (χ4n) is 1.61. The number of nitrogens with one attached hydrogen (secondary N) is 1. The molecule has 0 saturated heterocycles. The Morgan fingerprint density at radius 3 is 2.75 bits per heavy atom. The van der Waals surface area contributed by atoms with Crippen LogP contribution in [0.5, 0.6) is 5.75 Å². The summed E-state index contributed by atoms with van der Waals surface area (Å²) in [6, 6.07) is 4.59. The van der Waals surface area contributed by atoms with Gasteiger partial charge in [0.05, 0.1) is 6.10 Å². The molecule has 6 heteroatoms. The van der Waals surface area contributed by atoms with Gasteiger partial charge >= 0.3 is 0 Å². The largest absolute Gasteiger partial charge is 0.488 e. The SMILES string of the molecule is CCC(CC)Oc1cccc(F)c1N=C(NC#N)SC. The zero-order valence-electron chi connectivity index (χ0n) is 11.8. The predicted octanol–water partition coefficient (Wildman–Crippen LogP) is 3.81. The van der Waals surface area contributed by atoms with Gasteiger partial charge < -0.3 is 4.74 Å². The van der Waals surface area contributed by atoms with E-state index in [1.165, 1.54) is 17.8 Å². The van der Waals surface area contributed by atoms with Gasteiger partial charge in [-0.3, -0.25) is 5.32 Å². The Kier molecular flexibility index (Phi) is 6.88. The summed E-state index contributed by atoms with van der Waals surface area (Å²) in [6.45, 7) is 4.03. The summed E-state index contributed by atoms with van der Waals surface area (Å²) < 4.78 is 19.7. The first-order valence-corrected chi connectivity index (χ1v) is 7.61. The van der Waals surface area contributed by atoms with Gasteiger partial charge in [0.25, 0.3) is 0 Å². The Balaban J connectivity index is 3.14. The fourth-order valence-corrected chi connectivity index (χ4v) is 1.94. The summed E-state index contributed by atoms with van der Waals surface area (Å²) in [5.74, 6) is -0.0789. The van der Waals surface area contributed by atoms with Crippen molar-refractivity contribution in [3.63, 3.8) is 0 Å². The summed E-state index contributed by atoms with van der Waals surface area (Å²) in [7, 11) is 0. The van der Waals surface area contributed by atoms with E-state index >= 15 is 0 Å².